The van der Waals surface area contributed by atoms with Crippen LogP contribution in [0.5, 0.6) is 0 Å². The molecule has 3 rings (SSSR count). The second-order valence-corrected chi connectivity index (χ2v) is 10.1. The number of ether oxygens (including phenoxy) is 1. The van der Waals surface area contributed by atoms with Crippen LogP contribution in [-0.2, 0) is 14.8 Å². The molecule has 1 aliphatic rings. The number of halogens is 2. The SMILES string of the molecule is COC(=O)c1cc(S(=O)(=O)Nc2ccc(N3C[C@H](C)C[C@@H](C)C3)nc2)c(Br)cc1F. The predicted octanol–water partition coefficient (Wildman–Crippen LogP) is 4.05. The third kappa shape index (κ3) is 4.92. The Morgan fingerprint density at radius 3 is 2.50 bits per heavy atom. The van der Waals surface area contributed by atoms with E-state index in [2.05, 4.69) is 49.1 Å². The fourth-order valence-corrected chi connectivity index (χ4v) is 5.78. The Hall–Kier alpha value is -2.20. The van der Waals surface area contributed by atoms with Gasteiger partial charge in [-0.25, -0.2) is 22.6 Å². The van der Waals surface area contributed by atoms with Crippen molar-refractivity contribution in [2.24, 2.45) is 11.8 Å². The number of methoxy groups -OCH3 is 1. The van der Waals surface area contributed by atoms with Gasteiger partial charge in [-0.2, -0.15) is 0 Å². The van der Waals surface area contributed by atoms with Gasteiger partial charge in [-0.05, 0) is 58.5 Å². The molecule has 10 heteroatoms. The lowest BCUT2D eigenvalue weighted by molar-refractivity contribution is 0.0595. The van der Waals surface area contributed by atoms with Gasteiger partial charge in [0.05, 0.1) is 24.6 Å². The first kappa shape index (κ1) is 22.5. The number of nitrogens with one attached hydrogen (secondary N) is 1. The third-order valence-corrected chi connectivity index (χ3v) is 7.25. The highest BCUT2D eigenvalue weighted by atomic mass is 79.9. The van der Waals surface area contributed by atoms with Gasteiger partial charge in [-0.3, -0.25) is 4.72 Å². The van der Waals surface area contributed by atoms with Crippen LogP contribution < -0.4 is 9.62 Å². The largest absolute Gasteiger partial charge is 0.465 e. The molecule has 1 fully saturated rings. The monoisotopic (exact) mass is 499 g/mol. The predicted molar refractivity (Wildman–Crippen MR) is 116 cm³/mol. The molecule has 162 valence electrons. The molecule has 30 heavy (non-hydrogen) atoms. The fraction of sp³-hybridized carbons (Fsp3) is 0.400. The summed E-state index contributed by atoms with van der Waals surface area (Å²) in [5.74, 6) is 0.0607. The van der Waals surface area contributed by atoms with Crippen LogP contribution in [0.4, 0.5) is 15.9 Å². The van der Waals surface area contributed by atoms with Crippen molar-refractivity contribution in [3.8, 4) is 0 Å². The molecule has 0 amide bonds. The maximum Gasteiger partial charge on any atom is 0.340 e. The second-order valence-electron chi connectivity index (χ2n) is 7.62. The van der Waals surface area contributed by atoms with E-state index < -0.39 is 27.4 Å². The van der Waals surface area contributed by atoms with E-state index in [1.54, 1.807) is 12.1 Å². The molecule has 2 aromatic rings. The Morgan fingerprint density at radius 1 is 1.27 bits per heavy atom. The van der Waals surface area contributed by atoms with E-state index >= 15 is 0 Å². The van der Waals surface area contributed by atoms with Crippen molar-refractivity contribution in [3.05, 3.63) is 46.3 Å². The normalized spacial score (nSPS) is 19.4. The van der Waals surface area contributed by atoms with E-state index in [0.29, 0.717) is 11.8 Å². The van der Waals surface area contributed by atoms with E-state index in [1.165, 1.54) is 12.6 Å². The van der Waals surface area contributed by atoms with Crippen LogP contribution in [0, 0.1) is 17.7 Å². The molecule has 0 unspecified atom stereocenters. The minimum Gasteiger partial charge on any atom is -0.465 e. The van der Waals surface area contributed by atoms with Crippen molar-refractivity contribution in [2.45, 2.75) is 25.2 Å². The maximum atomic E-state index is 14.0. The number of benzene rings is 1. The Morgan fingerprint density at radius 2 is 1.93 bits per heavy atom. The zero-order valence-corrected chi connectivity index (χ0v) is 19.3. The van der Waals surface area contributed by atoms with Crippen molar-refractivity contribution >= 4 is 43.4 Å². The van der Waals surface area contributed by atoms with E-state index in [0.717, 1.165) is 38.1 Å². The van der Waals surface area contributed by atoms with Gasteiger partial charge in [-0.15, -0.1) is 0 Å². The van der Waals surface area contributed by atoms with Crippen LogP contribution in [0.1, 0.15) is 30.6 Å². The summed E-state index contributed by atoms with van der Waals surface area (Å²) in [7, 11) is -3.01. The number of carbonyl (C=O) groups is 1. The van der Waals surface area contributed by atoms with Crippen LogP contribution in [0.2, 0.25) is 0 Å². The second kappa shape index (κ2) is 8.89. The molecule has 1 N–H and O–H groups in total. The highest BCUT2D eigenvalue weighted by molar-refractivity contribution is 9.10. The Labute approximate surface area is 183 Å². The average molecular weight is 500 g/mol. The smallest absolute Gasteiger partial charge is 0.340 e. The topological polar surface area (TPSA) is 88.6 Å². The number of aromatic nitrogens is 1. The van der Waals surface area contributed by atoms with Crippen molar-refractivity contribution in [3.63, 3.8) is 0 Å². The van der Waals surface area contributed by atoms with Gasteiger partial charge in [0.1, 0.15) is 16.5 Å². The summed E-state index contributed by atoms with van der Waals surface area (Å²) in [5.41, 5.74) is -0.212. The Kier molecular flexibility index (Phi) is 6.66. The number of carbonyl (C=O) groups excluding carboxylic acids is 1. The number of pyridine rings is 1. The van der Waals surface area contributed by atoms with E-state index in [4.69, 9.17) is 0 Å². The lowest BCUT2D eigenvalue weighted by Crippen LogP contribution is -2.39. The highest BCUT2D eigenvalue weighted by Crippen LogP contribution is 2.29. The molecule has 0 aliphatic carbocycles. The van der Waals surface area contributed by atoms with Crippen LogP contribution in [-0.4, -0.2) is 39.6 Å². The van der Waals surface area contributed by atoms with Gasteiger partial charge in [0.25, 0.3) is 10.0 Å². The first-order valence-corrected chi connectivity index (χ1v) is 11.7. The molecule has 2 heterocycles. The van der Waals surface area contributed by atoms with Gasteiger partial charge in [0, 0.05) is 17.6 Å². The quantitative estimate of drug-likeness (QED) is 0.624. The third-order valence-electron chi connectivity index (χ3n) is 4.91. The first-order chi connectivity index (χ1) is 14.1. The molecule has 7 nitrogen and oxygen atoms in total. The summed E-state index contributed by atoms with van der Waals surface area (Å²) in [4.78, 5) is 18.0. The zero-order valence-electron chi connectivity index (χ0n) is 16.9. The van der Waals surface area contributed by atoms with Crippen LogP contribution in [0.3, 0.4) is 0 Å². The Bertz CT molecular complexity index is 1040. The molecule has 0 spiro atoms. The lowest BCUT2D eigenvalue weighted by atomic mass is 9.92. The lowest BCUT2D eigenvalue weighted by Gasteiger charge is -2.35. The molecule has 1 aromatic carbocycles. The molecule has 2 atom stereocenters. The van der Waals surface area contributed by atoms with Crippen LogP contribution >= 0.6 is 15.9 Å². The van der Waals surface area contributed by atoms with Crippen LogP contribution in [0.25, 0.3) is 0 Å². The minimum absolute atomic E-state index is 0.0129. The molecule has 0 radical (unpaired) electrons. The van der Waals surface area contributed by atoms with Gasteiger partial charge < -0.3 is 9.64 Å². The van der Waals surface area contributed by atoms with Gasteiger partial charge in [0.2, 0.25) is 0 Å². The van der Waals surface area contributed by atoms with Crippen molar-refractivity contribution in [1.82, 2.24) is 4.98 Å². The highest BCUT2D eigenvalue weighted by Gasteiger charge is 2.25. The summed E-state index contributed by atoms with van der Waals surface area (Å²) < 4.78 is 46.5. The Balaban J connectivity index is 1.83. The number of esters is 1. The summed E-state index contributed by atoms with van der Waals surface area (Å²) in [6.07, 6.45) is 2.62. The molecule has 0 saturated carbocycles. The number of hydrogen-bond donors (Lipinski definition) is 1. The number of hydrogen-bond acceptors (Lipinski definition) is 6. The standard InChI is InChI=1S/C20H23BrFN3O4S/c1-12-6-13(2)11-25(10-12)19-5-4-14(9-23-19)24-30(27,28)18-7-15(20(26)29-3)17(22)8-16(18)21/h4-5,7-9,12-13,24H,6,10-11H2,1-3H3/t12-,13-/m1/s1. The van der Waals surface area contributed by atoms with Crippen molar-refractivity contribution < 1.29 is 22.3 Å². The first-order valence-electron chi connectivity index (χ1n) is 9.42. The van der Waals surface area contributed by atoms with E-state index in [-0.39, 0.29) is 15.1 Å². The zero-order chi connectivity index (χ0) is 22.1. The number of nitrogens with zero attached hydrogens (tertiary/aromatic N) is 2. The molecule has 0 bridgehead atoms. The summed E-state index contributed by atoms with van der Waals surface area (Å²) >= 11 is 3.04. The molecule has 1 saturated heterocycles. The van der Waals surface area contributed by atoms with E-state index in [9.17, 15) is 17.6 Å². The number of piperidine rings is 1. The number of rotatable bonds is 5. The molecular weight excluding hydrogens is 477 g/mol. The van der Waals surface area contributed by atoms with Gasteiger partial charge >= 0.3 is 5.97 Å². The molecular formula is C20H23BrFN3O4S. The van der Waals surface area contributed by atoms with E-state index in [1.807, 2.05) is 0 Å². The van der Waals surface area contributed by atoms with Gasteiger partial charge in [-0.1, -0.05) is 13.8 Å². The van der Waals surface area contributed by atoms with Gasteiger partial charge in [0.15, 0.2) is 0 Å². The number of sulfonamides is 1. The van der Waals surface area contributed by atoms with Crippen molar-refractivity contribution in [2.75, 3.05) is 29.8 Å². The average Bonchev–Trinajstić information content (AvgIpc) is 2.66. The summed E-state index contributed by atoms with van der Waals surface area (Å²) in [6, 6.07) is 5.25. The minimum atomic E-state index is -4.11. The maximum absolute atomic E-state index is 14.0. The summed E-state index contributed by atoms with van der Waals surface area (Å²) in [5, 5.41) is 0. The molecule has 1 aromatic heterocycles. The summed E-state index contributed by atoms with van der Waals surface area (Å²) in [6.45, 7) is 6.21. The number of anilines is 2. The molecule has 1 aliphatic heterocycles. The van der Waals surface area contributed by atoms with Crippen LogP contribution in [0.15, 0.2) is 39.8 Å². The fourth-order valence-electron chi connectivity index (χ4n) is 3.70. The van der Waals surface area contributed by atoms with Crippen molar-refractivity contribution in [1.29, 1.82) is 0 Å².